The molecule has 0 unspecified atom stereocenters. The average molecular weight is 350 g/mol. The van der Waals surface area contributed by atoms with E-state index in [9.17, 15) is 25.2 Å². The van der Waals surface area contributed by atoms with Gasteiger partial charge in [0.05, 0.1) is 29.8 Å². The van der Waals surface area contributed by atoms with E-state index in [-0.39, 0.29) is 22.7 Å². The molecule has 5 nitrogen and oxygen atoms in total. The van der Waals surface area contributed by atoms with E-state index < -0.39 is 47.1 Å². The van der Waals surface area contributed by atoms with E-state index in [1.54, 1.807) is 0 Å². The Balaban J connectivity index is 1.95. The first-order valence-electron chi connectivity index (χ1n) is 9.47. The second-order valence-electron chi connectivity index (χ2n) is 9.87. The lowest BCUT2D eigenvalue weighted by Crippen LogP contribution is -2.72. The Morgan fingerprint density at radius 3 is 2.32 bits per heavy atom. The molecule has 4 rings (SSSR count). The number of hydrogen-bond acceptors (Lipinski definition) is 5. The smallest absolute Gasteiger partial charge is 0.170 e. The number of carbonyl (C=O) groups is 1. The van der Waals surface area contributed by atoms with Crippen molar-refractivity contribution in [2.75, 3.05) is 0 Å². The summed E-state index contributed by atoms with van der Waals surface area (Å²) in [4.78, 5) is 13.2. The van der Waals surface area contributed by atoms with Crippen molar-refractivity contribution in [2.45, 2.75) is 70.9 Å². The highest BCUT2D eigenvalue weighted by Gasteiger charge is 2.77. The number of fused-ring (bicyclic) bond motifs is 3. The standard InChI is InChI=1S/C20H30O5/c1-9-12-13(22)14(23)15-19(4)7-5-6-18(2,3)10(19)8-11(21)20(15,16(9)24)17(12)25/h10-15,17,21-23,25H,1,5-8H2,2-4H3/t10-,11-,12-,13-,14+,15+,17-,19-,20-/m1/s1. The van der Waals surface area contributed by atoms with Gasteiger partial charge in [0.1, 0.15) is 0 Å². The molecule has 0 aromatic heterocycles. The van der Waals surface area contributed by atoms with E-state index in [2.05, 4.69) is 27.4 Å². The van der Waals surface area contributed by atoms with Crippen LogP contribution in [-0.4, -0.2) is 50.6 Å². The second-order valence-corrected chi connectivity index (χ2v) is 9.87. The first-order valence-corrected chi connectivity index (χ1v) is 9.47. The van der Waals surface area contributed by atoms with Crippen LogP contribution in [0.15, 0.2) is 12.2 Å². The number of carbonyl (C=O) groups excluding carboxylic acids is 1. The van der Waals surface area contributed by atoms with Gasteiger partial charge in [-0.1, -0.05) is 33.8 Å². The third-order valence-corrected chi connectivity index (χ3v) is 8.49. The Morgan fingerprint density at radius 2 is 1.68 bits per heavy atom. The van der Waals surface area contributed by atoms with E-state index in [1.165, 1.54) is 0 Å². The second kappa shape index (κ2) is 4.94. The zero-order chi connectivity index (χ0) is 18.5. The maximum atomic E-state index is 13.2. The molecule has 2 bridgehead atoms. The van der Waals surface area contributed by atoms with Gasteiger partial charge in [-0.2, -0.15) is 0 Å². The van der Waals surface area contributed by atoms with Crippen LogP contribution < -0.4 is 0 Å². The molecule has 0 heterocycles. The lowest BCUT2D eigenvalue weighted by molar-refractivity contribution is -0.270. The van der Waals surface area contributed by atoms with E-state index in [1.807, 2.05) is 0 Å². The van der Waals surface area contributed by atoms with Crippen LogP contribution in [0.5, 0.6) is 0 Å². The van der Waals surface area contributed by atoms with Crippen LogP contribution in [0.2, 0.25) is 0 Å². The molecule has 5 heteroatoms. The fraction of sp³-hybridized carbons (Fsp3) is 0.850. The van der Waals surface area contributed by atoms with Crippen molar-refractivity contribution in [2.24, 2.45) is 34.0 Å². The number of aliphatic hydroxyl groups excluding tert-OH is 4. The molecular formula is C20H30O5. The van der Waals surface area contributed by atoms with Crippen LogP contribution in [0, 0.1) is 34.0 Å². The average Bonchev–Trinajstić information content (AvgIpc) is 2.66. The summed E-state index contributed by atoms with van der Waals surface area (Å²) in [6.07, 6.45) is -1.32. The van der Waals surface area contributed by atoms with Crippen molar-refractivity contribution in [3.63, 3.8) is 0 Å². The molecule has 140 valence electrons. The molecule has 4 aliphatic carbocycles. The van der Waals surface area contributed by atoms with Crippen molar-refractivity contribution in [1.82, 2.24) is 0 Å². The lowest BCUT2D eigenvalue weighted by Gasteiger charge is -2.66. The molecule has 25 heavy (non-hydrogen) atoms. The molecule has 0 aliphatic heterocycles. The zero-order valence-electron chi connectivity index (χ0n) is 15.3. The Labute approximate surface area is 148 Å². The molecule has 0 amide bonds. The molecular weight excluding hydrogens is 320 g/mol. The summed E-state index contributed by atoms with van der Waals surface area (Å²) >= 11 is 0. The van der Waals surface area contributed by atoms with Crippen molar-refractivity contribution in [3.8, 4) is 0 Å². The van der Waals surface area contributed by atoms with E-state index >= 15 is 0 Å². The highest BCUT2D eigenvalue weighted by molar-refractivity contribution is 6.04. The summed E-state index contributed by atoms with van der Waals surface area (Å²) < 4.78 is 0. The maximum absolute atomic E-state index is 13.2. The molecule has 0 saturated heterocycles. The van der Waals surface area contributed by atoms with Crippen LogP contribution in [0.1, 0.15) is 46.5 Å². The predicted molar refractivity (Wildman–Crippen MR) is 91.4 cm³/mol. The fourth-order valence-corrected chi connectivity index (χ4v) is 7.50. The highest BCUT2D eigenvalue weighted by Crippen LogP contribution is 2.70. The predicted octanol–water partition coefficient (Wildman–Crippen LogP) is 1.04. The van der Waals surface area contributed by atoms with Gasteiger partial charge in [0.25, 0.3) is 0 Å². The van der Waals surface area contributed by atoms with Gasteiger partial charge in [-0.05, 0) is 41.6 Å². The Kier molecular flexibility index (Phi) is 3.49. The summed E-state index contributed by atoms with van der Waals surface area (Å²) in [5.41, 5.74) is -1.73. The monoisotopic (exact) mass is 350 g/mol. The SMILES string of the molecule is C=C1C(=O)[C@@]23[C@H](O)C[C@@H]4C(C)(C)CCC[C@@]4(C)[C@@H]2[C@@H](O)[C@H](O)[C@@H]1[C@H]3O. The summed E-state index contributed by atoms with van der Waals surface area (Å²) in [5, 5.41) is 43.8. The lowest BCUT2D eigenvalue weighted by atomic mass is 9.39. The molecule has 4 fully saturated rings. The number of aliphatic hydroxyl groups is 4. The van der Waals surface area contributed by atoms with Gasteiger partial charge in [-0.15, -0.1) is 0 Å². The summed E-state index contributed by atoms with van der Waals surface area (Å²) in [5.74, 6) is -1.79. The number of Topliss-reactive ketones (excluding diaryl/α,β-unsaturated/α-hetero) is 1. The summed E-state index contributed by atoms with van der Waals surface area (Å²) in [6.45, 7) is 10.2. The van der Waals surface area contributed by atoms with Crippen molar-refractivity contribution in [1.29, 1.82) is 0 Å². The highest BCUT2D eigenvalue weighted by atomic mass is 16.3. The number of rotatable bonds is 0. The maximum Gasteiger partial charge on any atom is 0.170 e. The van der Waals surface area contributed by atoms with Gasteiger partial charge in [0.2, 0.25) is 0 Å². The van der Waals surface area contributed by atoms with Gasteiger partial charge in [0, 0.05) is 11.8 Å². The van der Waals surface area contributed by atoms with Gasteiger partial charge < -0.3 is 20.4 Å². The third kappa shape index (κ3) is 1.76. The van der Waals surface area contributed by atoms with Crippen LogP contribution >= 0.6 is 0 Å². The fourth-order valence-electron chi connectivity index (χ4n) is 7.50. The minimum atomic E-state index is -1.43. The molecule has 9 atom stereocenters. The molecule has 4 saturated carbocycles. The van der Waals surface area contributed by atoms with Crippen molar-refractivity contribution >= 4 is 5.78 Å². The van der Waals surface area contributed by atoms with Crippen LogP contribution in [-0.2, 0) is 4.79 Å². The number of hydrogen-bond donors (Lipinski definition) is 4. The normalized spacial score (nSPS) is 57.2. The van der Waals surface area contributed by atoms with Crippen LogP contribution in [0.4, 0.5) is 0 Å². The topological polar surface area (TPSA) is 98.0 Å². The minimum absolute atomic E-state index is 0.0271. The number of ketones is 1. The summed E-state index contributed by atoms with van der Waals surface area (Å²) in [7, 11) is 0. The van der Waals surface area contributed by atoms with Gasteiger partial charge >= 0.3 is 0 Å². The van der Waals surface area contributed by atoms with E-state index in [4.69, 9.17) is 0 Å². The quantitative estimate of drug-likeness (QED) is 0.489. The van der Waals surface area contributed by atoms with Crippen LogP contribution in [0.3, 0.4) is 0 Å². The molecule has 4 N–H and O–H groups in total. The molecule has 0 radical (unpaired) electrons. The van der Waals surface area contributed by atoms with E-state index in [0.717, 1.165) is 19.3 Å². The first-order chi connectivity index (χ1) is 11.5. The van der Waals surface area contributed by atoms with Gasteiger partial charge in [0.15, 0.2) is 5.78 Å². The Bertz CT molecular complexity index is 642. The third-order valence-electron chi connectivity index (χ3n) is 8.49. The molecule has 0 aromatic carbocycles. The zero-order valence-corrected chi connectivity index (χ0v) is 15.3. The first kappa shape index (κ1) is 17.7. The van der Waals surface area contributed by atoms with E-state index in [0.29, 0.717) is 6.42 Å². The Hall–Kier alpha value is -0.750. The van der Waals surface area contributed by atoms with Gasteiger partial charge in [-0.25, -0.2) is 0 Å². The van der Waals surface area contributed by atoms with Crippen LogP contribution in [0.25, 0.3) is 0 Å². The summed E-state index contributed by atoms with van der Waals surface area (Å²) in [6, 6.07) is 0. The largest absolute Gasteiger partial charge is 0.392 e. The van der Waals surface area contributed by atoms with Gasteiger partial charge in [-0.3, -0.25) is 4.79 Å². The molecule has 1 spiro atoms. The van der Waals surface area contributed by atoms with Crippen molar-refractivity contribution < 1.29 is 25.2 Å². The Morgan fingerprint density at radius 1 is 1.04 bits per heavy atom. The molecule has 0 aromatic rings. The van der Waals surface area contributed by atoms with Crippen molar-refractivity contribution in [3.05, 3.63) is 12.2 Å². The molecule has 4 aliphatic rings. The minimum Gasteiger partial charge on any atom is -0.392 e.